The van der Waals surface area contributed by atoms with Crippen molar-refractivity contribution in [2.45, 2.75) is 5.03 Å². The number of hydrogen-bond acceptors (Lipinski definition) is 5. The van der Waals surface area contributed by atoms with E-state index in [-0.39, 0.29) is 9.87 Å². The molecule has 0 aliphatic rings. The number of benzene rings is 1. The maximum atomic E-state index is 11.8. The minimum Gasteiger partial charge on any atom is -0.257 e. The number of rotatable bonds is 3. The highest BCUT2D eigenvalue weighted by molar-refractivity contribution is 7.98. The van der Waals surface area contributed by atoms with E-state index in [2.05, 4.69) is 0 Å². The lowest BCUT2D eigenvalue weighted by Gasteiger charge is -2.03. The molecule has 0 amide bonds. The van der Waals surface area contributed by atoms with Crippen molar-refractivity contribution in [3.05, 3.63) is 50.1 Å². The van der Waals surface area contributed by atoms with E-state index in [1.807, 2.05) is 6.07 Å². The Bertz CT molecular complexity index is 604. The van der Waals surface area contributed by atoms with E-state index in [9.17, 15) is 14.9 Å². The monoisotopic (exact) mass is 268 g/mol. The first-order valence-corrected chi connectivity index (χ1v) is 6.69. The van der Waals surface area contributed by atoms with Crippen LogP contribution in [-0.4, -0.2) is 15.7 Å². The molecular weight excluding hydrogens is 260 g/mol. The third-order valence-corrected chi connectivity index (χ3v) is 3.91. The molecule has 0 radical (unpaired) electrons. The number of thioether (sulfide) groups is 1. The van der Waals surface area contributed by atoms with E-state index < -0.39 is 4.92 Å². The highest BCUT2D eigenvalue weighted by atomic mass is 32.2. The number of para-hydroxylation sites is 1. The minimum absolute atomic E-state index is 0.105. The van der Waals surface area contributed by atoms with Gasteiger partial charge in [0.1, 0.15) is 0 Å². The molecule has 0 aliphatic heterocycles. The van der Waals surface area contributed by atoms with Crippen LogP contribution in [0, 0.1) is 10.1 Å². The Balaban J connectivity index is 2.70. The standard InChI is InChI=1S/C10H8N2O3S2/c1-16-8-9(12(14)15)17-10(13)11(8)7-5-3-2-4-6-7/h2-6H,1H3. The third kappa shape index (κ3) is 2.11. The Morgan fingerprint density at radius 2 is 2.00 bits per heavy atom. The second-order valence-corrected chi connectivity index (χ2v) is 4.85. The maximum absolute atomic E-state index is 11.8. The molecule has 0 saturated heterocycles. The molecule has 0 N–H and O–H groups in total. The molecule has 0 unspecified atom stereocenters. The average molecular weight is 268 g/mol. The summed E-state index contributed by atoms with van der Waals surface area (Å²) < 4.78 is 1.37. The number of nitro groups is 1. The Morgan fingerprint density at radius 3 is 2.53 bits per heavy atom. The minimum atomic E-state index is -0.517. The molecule has 1 heterocycles. The molecule has 0 bridgehead atoms. The molecule has 1 aromatic carbocycles. The summed E-state index contributed by atoms with van der Waals surface area (Å²) in [6.07, 6.45) is 1.72. The molecule has 0 atom stereocenters. The zero-order chi connectivity index (χ0) is 12.4. The Hall–Kier alpha value is -1.60. The molecule has 0 spiro atoms. The Labute approximate surface area is 105 Å². The van der Waals surface area contributed by atoms with Crippen molar-refractivity contribution in [3.8, 4) is 5.69 Å². The van der Waals surface area contributed by atoms with Gasteiger partial charge in [-0.1, -0.05) is 18.2 Å². The molecule has 5 nitrogen and oxygen atoms in total. The average Bonchev–Trinajstić information content (AvgIpc) is 2.67. The largest absolute Gasteiger partial charge is 0.359 e. The highest BCUT2D eigenvalue weighted by Gasteiger charge is 2.24. The number of hydrogen-bond donors (Lipinski definition) is 0. The summed E-state index contributed by atoms with van der Waals surface area (Å²) in [5.41, 5.74) is 0.645. The zero-order valence-corrected chi connectivity index (χ0v) is 10.5. The molecular formula is C10H8N2O3S2. The fourth-order valence-corrected chi connectivity index (χ4v) is 3.20. The lowest BCUT2D eigenvalue weighted by Crippen LogP contribution is -2.11. The van der Waals surface area contributed by atoms with Crippen molar-refractivity contribution in [1.29, 1.82) is 0 Å². The molecule has 17 heavy (non-hydrogen) atoms. The van der Waals surface area contributed by atoms with Gasteiger partial charge in [0.05, 0.1) is 10.6 Å². The quantitative estimate of drug-likeness (QED) is 0.487. The van der Waals surface area contributed by atoms with Crippen LogP contribution >= 0.6 is 23.1 Å². The van der Waals surface area contributed by atoms with E-state index in [1.54, 1.807) is 30.5 Å². The predicted molar refractivity (Wildman–Crippen MR) is 68.4 cm³/mol. The molecule has 2 rings (SSSR count). The van der Waals surface area contributed by atoms with Gasteiger partial charge >= 0.3 is 9.87 Å². The highest BCUT2D eigenvalue weighted by Crippen LogP contribution is 2.31. The van der Waals surface area contributed by atoms with Crippen LogP contribution in [0.5, 0.6) is 0 Å². The normalized spacial score (nSPS) is 10.4. The Kier molecular flexibility index (Phi) is 3.30. The summed E-state index contributed by atoms with van der Waals surface area (Å²) in [6, 6.07) is 8.90. The van der Waals surface area contributed by atoms with Gasteiger partial charge in [-0.05, 0) is 18.4 Å². The first-order valence-electron chi connectivity index (χ1n) is 4.65. The van der Waals surface area contributed by atoms with Crippen molar-refractivity contribution < 1.29 is 4.92 Å². The van der Waals surface area contributed by atoms with Gasteiger partial charge in [0.2, 0.25) is 0 Å². The summed E-state index contributed by atoms with van der Waals surface area (Å²) in [4.78, 5) is 21.8. The summed E-state index contributed by atoms with van der Waals surface area (Å²) >= 11 is 1.85. The first kappa shape index (κ1) is 11.9. The number of thiazole rings is 1. The van der Waals surface area contributed by atoms with Crippen LogP contribution in [0.1, 0.15) is 0 Å². The van der Waals surface area contributed by atoms with Gasteiger partial charge in [-0.15, -0.1) is 11.8 Å². The molecule has 1 aromatic heterocycles. The van der Waals surface area contributed by atoms with Crippen LogP contribution in [-0.2, 0) is 0 Å². The van der Waals surface area contributed by atoms with Gasteiger partial charge < -0.3 is 0 Å². The fourth-order valence-electron chi connectivity index (χ4n) is 1.44. The molecule has 0 fully saturated rings. The summed E-state index contributed by atoms with van der Waals surface area (Å²) in [6.45, 7) is 0. The van der Waals surface area contributed by atoms with Crippen LogP contribution in [0.3, 0.4) is 0 Å². The van der Waals surface area contributed by atoms with E-state index >= 15 is 0 Å². The molecule has 0 aliphatic carbocycles. The van der Waals surface area contributed by atoms with E-state index in [0.717, 1.165) is 0 Å². The van der Waals surface area contributed by atoms with Crippen molar-refractivity contribution >= 4 is 28.1 Å². The van der Waals surface area contributed by atoms with Crippen molar-refractivity contribution in [2.75, 3.05) is 6.26 Å². The zero-order valence-electron chi connectivity index (χ0n) is 8.82. The van der Waals surface area contributed by atoms with Gasteiger partial charge in [0.15, 0.2) is 5.03 Å². The predicted octanol–water partition coefficient (Wildman–Crippen LogP) is 2.53. The van der Waals surface area contributed by atoms with Gasteiger partial charge in [-0.2, -0.15) is 0 Å². The second-order valence-electron chi connectivity index (χ2n) is 3.11. The maximum Gasteiger partial charge on any atom is 0.359 e. The topological polar surface area (TPSA) is 65.1 Å². The summed E-state index contributed by atoms with van der Waals surface area (Å²) in [7, 11) is 0. The molecule has 2 aromatic rings. The van der Waals surface area contributed by atoms with Crippen LogP contribution in [0.25, 0.3) is 5.69 Å². The van der Waals surface area contributed by atoms with Crippen LogP contribution in [0.4, 0.5) is 5.00 Å². The van der Waals surface area contributed by atoms with E-state index in [1.165, 1.54) is 16.3 Å². The fraction of sp³-hybridized carbons (Fsp3) is 0.100. The van der Waals surface area contributed by atoms with Crippen LogP contribution in [0.2, 0.25) is 0 Å². The number of aromatic nitrogens is 1. The molecule has 88 valence electrons. The molecule has 0 saturated carbocycles. The third-order valence-electron chi connectivity index (χ3n) is 2.13. The molecule has 7 heteroatoms. The summed E-state index contributed by atoms with van der Waals surface area (Å²) in [5, 5.41) is 11.1. The lowest BCUT2D eigenvalue weighted by molar-refractivity contribution is -0.383. The Morgan fingerprint density at radius 1 is 1.35 bits per heavy atom. The smallest absolute Gasteiger partial charge is 0.257 e. The first-order chi connectivity index (χ1) is 8.15. The van der Waals surface area contributed by atoms with E-state index in [4.69, 9.17) is 0 Å². The van der Waals surface area contributed by atoms with Crippen molar-refractivity contribution in [3.63, 3.8) is 0 Å². The van der Waals surface area contributed by atoms with Gasteiger partial charge in [0.25, 0.3) is 0 Å². The van der Waals surface area contributed by atoms with Crippen LogP contribution < -0.4 is 4.87 Å². The lowest BCUT2D eigenvalue weighted by atomic mass is 10.3. The van der Waals surface area contributed by atoms with Gasteiger partial charge in [-0.25, -0.2) is 0 Å². The van der Waals surface area contributed by atoms with Gasteiger partial charge in [-0.3, -0.25) is 19.5 Å². The SMILES string of the molecule is CSc1c([N+](=O)[O-])sc(=O)n1-c1ccccc1. The van der Waals surface area contributed by atoms with Crippen LogP contribution in [0.15, 0.2) is 40.2 Å². The number of nitrogens with zero attached hydrogens (tertiary/aromatic N) is 2. The van der Waals surface area contributed by atoms with Crippen molar-refractivity contribution in [2.24, 2.45) is 0 Å². The van der Waals surface area contributed by atoms with Crippen molar-refractivity contribution in [1.82, 2.24) is 4.57 Å². The van der Waals surface area contributed by atoms with Gasteiger partial charge in [0, 0.05) is 11.3 Å². The van der Waals surface area contributed by atoms with E-state index in [0.29, 0.717) is 22.1 Å². The summed E-state index contributed by atoms with van der Waals surface area (Å²) in [5.74, 6) is 0. The second kappa shape index (κ2) is 4.72.